The van der Waals surface area contributed by atoms with Crippen LogP contribution >= 0.6 is 0 Å². The summed E-state index contributed by atoms with van der Waals surface area (Å²) < 4.78 is 11.8. The molecule has 0 radical (unpaired) electrons. The SMILES string of the molecule is CCC(CC)(c1ccc(OCC(=O)C(C)(C)CCCc2ccccc2)c(C)c1)c1ccc(OC[C@@H](O)CO)c(C)c1. The maximum absolute atomic E-state index is 13.1. The Hall–Kier alpha value is -3.15. The zero-order valence-corrected chi connectivity index (χ0v) is 25.7. The van der Waals surface area contributed by atoms with E-state index >= 15 is 0 Å². The van der Waals surface area contributed by atoms with Gasteiger partial charge >= 0.3 is 0 Å². The van der Waals surface area contributed by atoms with Gasteiger partial charge in [-0.3, -0.25) is 4.79 Å². The molecule has 3 aromatic carbocycles. The van der Waals surface area contributed by atoms with Crippen molar-refractivity contribution in [1.82, 2.24) is 0 Å². The van der Waals surface area contributed by atoms with Crippen LogP contribution in [0.2, 0.25) is 0 Å². The van der Waals surface area contributed by atoms with Crippen LogP contribution in [0.3, 0.4) is 0 Å². The van der Waals surface area contributed by atoms with Crippen LogP contribution in [0, 0.1) is 19.3 Å². The molecule has 3 aromatic rings. The second-order valence-corrected chi connectivity index (χ2v) is 11.8. The van der Waals surface area contributed by atoms with Crippen molar-refractivity contribution in [2.45, 2.75) is 85.2 Å². The van der Waals surface area contributed by atoms with Gasteiger partial charge < -0.3 is 19.7 Å². The Balaban J connectivity index is 1.69. The normalized spacial score (nSPS) is 12.7. The number of aliphatic hydroxyl groups is 2. The van der Waals surface area contributed by atoms with E-state index in [0.717, 1.165) is 49.0 Å². The van der Waals surface area contributed by atoms with Gasteiger partial charge in [0.1, 0.15) is 30.8 Å². The minimum Gasteiger partial charge on any atom is -0.491 e. The Morgan fingerprint density at radius 3 is 1.93 bits per heavy atom. The Bertz CT molecular complexity index is 1260. The largest absolute Gasteiger partial charge is 0.491 e. The first-order chi connectivity index (χ1) is 19.6. The van der Waals surface area contributed by atoms with Crippen LogP contribution in [0.15, 0.2) is 66.7 Å². The molecule has 0 bridgehead atoms. The van der Waals surface area contributed by atoms with Crippen molar-refractivity contribution in [3.05, 3.63) is 94.5 Å². The van der Waals surface area contributed by atoms with Gasteiger partial charge in [-0.1, -0.05) is 82.3 Å². The average molecular weight is 561 g/mol. The molecule has 0 spiro atoms. The fraction of sp³-hybridized carbons (Fsp3) is 0.472. The van der Waals surface area contributed by atoms with Crippen molar-refractivity contribution >= 4 is 5.78 Å². The monoisotopic (exact) mass is 560 g/mol. The van der Waals surface area contributed by atoms with Gasteiger partial charge in [-0.25, -0.2) is 0 Å². The maximum Gasteiger partial charge on any atom is 0.175 e. The third-order valence-electron chi connectivity index (χ3n) is 8.53. The molecule has 0 heterocycles. The molecule has 0 fully saturated rings. The van der Waals surface area contributed by atoms with Gasteiger partial charge in [-0.2, -0.15) is 0 Å². The highest BCUT2D eigenvalue weighted by Gasteiger charge is 2.32. The van der Waals surface area contributed by atoms with Crippen LogP contribution in [0.5, 0.6) is 11.5 Å². The summed E-state index contributed by atoms with van der Waals surface area (Å²) in [6.07, 6.45) is 3.69. The van der Waals surface area contributed by atoms with E-state index in [1.54, 1.807) is 0 Å². The molecule has 1 atom stereocenters. The lowest BCUT2D eigenvalue weighted by Gasteiger charge is -2.34. The number of rotatable bonds is 16. The number of carbonyl (C=O) groups is 1. The summed E-state index contributed by atoms with van der Waals surface area (Å²) in [5, 5.41) is 18.7. The summed E-state index contributed by atoms with van der Waals surface area (Å²) in [5.74, 6) is 1.57. The van der Waals surface area contributed by atoms with E-state index in [2.05, 4.69) is 62.4 Å². The van der Waals surface area contributed by atoms with Crippen molar-refractivity contribution in [2.75, 3.05) is 19.8 Å². The summed E-state index contributed by atoms with van der Waals surface area (Å²) in [5.41, 5.74) is 5.09. The van der Waals surface area contributed by atoms with Gasteiger partial charge in [0.05, 0.1) is 6.61 Å². The zero-order valence-electron chi connectivity index (χ0n) is 25.7. The van der Waals surface area contributed by atoms with Gasteiger partial charge in [0.2, 0.25) is 0 Å². The lowest BCUT2D eigenvalue weighted by atomic mass is 9.70. The molecule has 0 saturated heterocycles. The first-order valence-corrected chi connectivity index (χ1v) is 14.9. The molecule has 41 heavy (non-hydrogen) atoms. The standard InChI is InChI=1S/C36H48O5/c1-7-36(8-2,29-16-18-32(26(3)21-29)40-24-31(38)23-37)30-17-19-33(27(4)22-30)41-25-34(39)35(5,6)20-12-15-28-13-10-9-11-14-28/h9-11,13-14,16-19,21-22,31,37-38H,7-8,12,15,20,23-25H2,1-6H3/t31-/m0/s1. The second kappa shape index (κ2) is 14.7. The number of hydrogen-bond donors (Lipinski definition) is 2. The Morgan fingerprint density at radius 1 is 0.854 bits per heavy atom. The summed E-state index contributed by atoms with van der Waals surface area (Å²) in [4.78, 5) is 13.1. The fourth-order valence-electron chi connectivity index (χ4n) is 5.55. The van der Waals surface area contributed by atoms with E-state index in [0.29, 0.717) is 5.75 Å². The van der Waals surface area contributed by atoms with Crippen molar-refractivity contribution in [1.29, 1.82) is 0 Å². The highest BCUT2D eigenvalue weighted by atomic mass is 16.5. The molecule has 0 aromatic heterocycles. The zero-order chi connectivity index (χ0) is 30.0. The number of aryl methyl sites for hydroxylation is 3. The summed E-state index contributed by atoms with van der Waals surface area (Å²) in [6, 6.07) is 22.9. The molecule has 5 heteroatoms. The fourth-order valence-corrected chi connectivity index (χ4v) is 5.55. The van der Waals surface area contributed by atoms with Gasteiger partial charge in [0, 0.05) is 10.8 Å². The molecule has 0 unspecified atom stereocenters. The van der Waals surface area contributed by atoms with Gasteiger partial charge in [0.25, 0.3) is 0 Å². The molecule has 0 aliphatic rings. The minimum absolute atomic E-state index is 0.0530. The van der Waals surface area contributed by atoms with Crippen molar-refractivity contribution < 1.29 is 24.5 Å². The first kappa shape index (κ1) is 32.4. The smallest absolute Gasteiger partial charge is 0.175 e. The van der Waals surface area contributed by atoms with Crippen LogP contribution < -0.4 is 9.47 Å². The first-order valence-electron chi connectivity index (χ1n) is 14.9. The number of Topliss-reactive ketones (excluding diaryl/α,β-unsaturated/α-hetero) is 1. The van der Waals surface area contributed by atoms with Crippen LogP contribution in [-0.2, 0) is 16.6 Å². The molecule has 222 valence electrons. The number of aliphatic hydroxyl groups excluding tert-OH is 2. The third-order valence-corrected chi connectivity index (χ3v) is 8.53. The highest BCUT2D eigenvalue weighted by molar-refractivity contribution is 5.85. The molecule has 3 rings (SSSR count). The van der Waals surface area contributed by atoms with Gasteiger partial charge in [-0.05, 0) is 85.9 Å². The summed E-state index contributed by atoms with van der Waals surface area (Å²) in [6.45, 7) is 12.3. The Kier molecular flexibility index (Phi) is 11.6. The second-order valence-electron chi connectivity index (χ2n) is 11.8. The number of carbonyl (C=O) groups excluding carboxylic acids is 1. The van der Waals surface area contributed by atoms with E-state index in [1.165, 1.54) is 16.7 Å². The van der Waals surface area contributed by atoms with Crippen LogP contribution in [0.1, 0.15) is 81.2 Å². The lowest BCUT2D eigenvalue weighted by Crippen LogP contribution is -2.30. The van der Waals surface area contributed by atoms with Crippen LogP contribution in [0.4, 0.5) is 0 Å². The number of ether oxygens (including phenoxy) is 2. The molecule has 0 amide bonds. The van der Waals surface area contributed by atoms with Crippen molar-refractivity contribution in [3.8, 4) is 11.5 Å². The minimum atomic E-state index is -0.899. The molecule has 0 aliphatic carbocycles. The average Bonchev–Trinajstić information content (AvgIpc) is 2.97. The van der Waals surface area contributed by atoms with Crippen molar-refractivity contribution in [3.63, 3.8) is 0 Å². The Morgan fingerprint density at radius 2 is 1.41 bits per heavy atom. The topological polar surface area (TPSA) is 76.0 Å². The molecule has 5 nitrogen and oxygen atoms in total. The Labute approximate surface area is 246 Å². The predicted octanol–water partition coefficient (Wildman–Crippen LogP) is 7.14. The summed E-state index contributed by atoms with van der Waals surface area (Å²) >= 11 is 0. The van der Waals surface area contributed by atoms with Gasteiger partial charge in [0.15, 0.2) is 5.78 Å². The van der Waals surface area contributed by atoms with E-state index in [4.69, 9.17) is 14.6 Å². The molecular formula is C36H48O5. The summed E-state index contributed by atoms with van der Waals surface area (Å²) in [7, 11) is 0. The van der Waals surface area contributed by atoms with E-state index in [-0.39, 0.29) is 31.0 Å². The third kappa shape index (κ3) is 8.21. The molecule has 0 aliphatic heterocycles. The van der Waals surface area contributed by atoms with E-state index in [1.807, 2.05) is 45.9 Å². The lowest BCUT2D eigenvalue weighted by molar-refractivity contribution is -0.129. The van der Waals surface area contributed by atoms with Crippen LogP contribution in [0.25, 0.3) is 0 Å². The highest BCUT2D eigenvalue weighted by Crippen LogP contribution is 2.41. The van der Waals surface area contributed by atoms with Crippen molar-refractivity contribution in [2.24, 2.45) is 5.41 Å². The van der Waals surface area contributed by atoms with Gasteiger partial charge in [-0.15, -0.1) is 0 Å². The number of benzene rings is 3. The van der Waals surface area contributed by atoms with E-state index in [9.17, 15) is 9.90 Å². The quantitative estimate of drug-likeness (QED) is 0.195. The predicted molar refractivity (Wildman–Crippen MR) is 166 cm³/mol. The van der Waals surface area contributed by atoms with E-state index < -0.39 is 11.5 Å². The number of hydrogen-bond acceptors (Lipinski definition) is 5. The molecular weight excluding hydrogens is 512 g/mol. The number of ketones is 1. The molecule has 2 N–H and O–H groups in total. The van der Waals surface area contributed by atoms with Crippen LogP contribution in [-0.4, -0.2) is 41.9 Å². The molecule has 0 saturated carbocycles. The maximum atomic E-state index is 13.1.